The van der Waals surface area contributed by atoms with Crippen LogP contribution in [0.25, 0.3) is 21.7 Å². The van der Waals surface area contributed by atoms with Crippen molar-refractivity contribution in [2.24, 2.45) is 16.1 Å². The van der Waals surface area contributed by atoms with Crippen LogP contribution >= 0.6 is 11.3 Å². The fourth-order valence-electron chi connectivity index (χ4n) is 7.22. The number of alkyl carbamates (subject to hydrolysis) is 1. The van der Waals surface area contributed by atoms with Crippen LogP contribution in [0, 0.1) is 12.3 Å². The quantitative estimate of drug-likeness (QED) is 0.180. The molecule has 0 spiro atoms. The van der Waals surface area contributed by atoms with E-state index in [1.54, 1.807) is 40.5 Å². The lowest BCUT2D eigenvalue weighted by molar-refractivity contribution is -0.135. The molecule has 3 N–H and O–H groups in total. The number of aryl methyl sites for hydroxylation is 1. The van der Waals surface area contributed by atoms with Crippen LogP contribution in [0.2, 0.25) is 0 Å². The van der Waals surface area contributed by atoms with Gasteiger partial charge in [-0.05, 0) is 72.8 Å². The molecule has 0 radical (unpaired) electrons. The van der Waals surface area contributed by atoms with Crippen LogP contribution in [0.3, 0.4) is 0 Å². The molecule has 2 unspecified atom stereocenters. The lowest BCUT2D eigenvalue weighted by Crippen LogP contribution is -2.51. The zero-order chi connectivity index (χ0) is 35.9. The first-order chi connectivity index (χ1) is 24.3. The average molecular weight is 715 g/mol. The van der Waals surface area contributed by atoms with Crippen LogP contribution in [-0.2, 0) is 20.6 Å². The molecule has 11 nitrogen and oxygen atoms in total. The third kappa shape index (κ3) is 6.06. The SMILES string of the molecule is Cc1ccc(C2(N3C(=O)[C@@](CC(C)(C)C)(c4ccc(-c5cnn(C(F)F)c5)cc4)N=C3N)CC2OC(=O)NC2CC2)cc1-c1nnc(C2CC2)s1. The number of guanidine groups is 1. The first kappa shape index (κ1) is 33.4. The monoisotopic (exact) mass is 714 g/mol. The van der Waals surface area contributed by atoms with Gasteiger partial charge in [-0.3, -0.25) is 9.69 Å². The Bertz CT molecular complexity index is 2050. The van der Waals surface area contributed by atoms with Gasteiger partial charge in [0.15, 0.2) is 5.54 Å². The van der Waals surface area contributed by atoms with Gasteiger partial charge in [-0.1, -0.05) is 68.5 Å². The molecular weight excluding hydrogens is 675 g/mol. The molecule has 2 aromatic heterocycles. The van der Waals surface area contributed by atoms with Gasteiger partial charge in [0.1, 0.15) is 21.7 Å². The number of amides is 2. The number of aliphatic imine (C=N–C) groups is 1. The summed E-state index contributed by atoms with van der Waals surface area (Å²) in [4.78, 5) is 34.7. The highest BCUT2D eigenvalue weighted by molar-refractivity contribution is 7.14. The van der Waals surface area contributed by atoms with Gasteiger partial charge in [0, 0.05) is 35.7 Å². The highest BCUT2D eigenvalue weighted by atomic mass is 32.1. The Labute approximate surface area is 298 Å². The fourth-order valence-corrected chi connectivity index (χ4v) is 8.32. The van der Waals surface area contributed by atoms with Gasteiger partial charge in [-0.15, -0.1) is 10.2 Å². The summed E-state index contributed by atoms with van der Waals surface area (Å²) in [5.41, 5.74) is 8.42. The normalized spacial score (nSPS) is 24.6. The number of hydrogen-bond donors (Lipinski definition) is 2. The minimum absolute atomic E-state index is 0.0364. The molecule has 1 aliphatic heterocycles. The zero-order valence-electron chi connectivity index (χ0n) is 28.9. The Hall–Kier alpha value is -4.72. The Morgan fingerprint density at radius 2 is 1.80 bits per heavy atom. The molecule has 4 aromatic rings. The molecule has 0 bridgehead atoms. The number of carbonyl (C=O) groups excluding carboxylic acids is 2. The number of nitrogens with zero attached hydrogens (tertiary/aromatic N) is 6. The number of ether oxygens (including phenoxy) is 1. The summed E-state index contributed by atoms with van der Waals surface area (Å²) in [6.07, 6.45) is 6.17. The molecule has 0 saturated heterocycles. The molecule has 4 aliphatic rings. The number of alkyl halides is 2. The first-order valence-corrected chi connectivity index (χ1v) is 18.1. The van der Waals surface area contributed by atoms with Gasteiger partial charge in [0.2, 0.25) is 5.96 Å². The van der Waals surface area contributed by atoms with Crippen LogP contribution in [-0.4, -0.2) is 55.0 Å². The number of hydrogen-bond acceptors (Lipinski definition) is 9. The molecule has 3 saturated carbocycles. The van der Waals surface area contributed by atoms with Crippen LogP contribution < -0.4 is 11.1 Å². The lowest BCUT2D eigenvalue weighted by Gasteiger charge is -2.35. The summed E-state index contributed by atoms with van der Waals surface area (Å²) in [6, 6.07) is 13.2. The number of nitrogens with one attached hydrogen (secondary N) is 1. The molecule has 8 rings (SSSR count). The van der Waals surface area contributed by atoms with Crippen molar-refractivity contribution in [1.82, 2.24) is 30.2 Å². The van der Waals surface area contributed by atoms with Crippen molar-refractivity contribution in [1.29, 1.82) is 0 Å². The van der Waals surface area contributed by atoms with E-state index in [1.165, 1.54) is 12.4 Å². The van der Waals surface area contributed by atoms with Crippen LogP contribution in [0.15, 0.2) is 59.9 Å². The number of carbonyl (C=O) groups is 2. The lowest BCUT2D eigenvalue weighted by atomic mass is 9.75. The van der Waals surface area contributed by atoms with E-state index in [0.29, 0.717) is 40.1 Å². The number of aromatic nitrogens is 4. The van der Waals surface area contributed by atoms with E-state index in [9.17, 15) is 13.6 Å². The zero-order valence-corrected chi connectivity index (χ0v) is 29.7. The fraction of sp³-hybridized carbons (Fsp3) is 0.459. The standard InChI is InChI=1S/C37H40F2N8O3S/c1-20-5-10-25(15-27(20)30-45-44-29(51-30)22-6-7-22)37(16-28(37)50-34(49)42-26-13-14-26)47-31(48)36(43-33(47)40,19-35(2,3)4)24-11-8-21(9-12-24)23-17-41-46(18-23)32(38)39/h5,8-12,15,17-18,22,26,28,32H,6-7,13-14,16,19H2,1-4H3,(H2,40,43)(H,42,49)/t28?,36-,37?/m1/s1. The van der Waals surface area contributed by atoms with Crippen molar-refractivity contribution in [3.05, 3.63) is 76.6 Å². The van der Waals surface area contributed by atoms with Gasteiger partial charge in [-0.2, -0.15) is 13.9 Å². The van der Waals surface area contributed by atoms with E-state index in [1.807, 2.05) is 45.9 Å². The molecule has 51 heavy (non-hydrogen) atoms. The second-order valence-electron chi connectivity index (χ2n) is 15.5. The predicted molar refractivity (Wildman–Crippen MR) is 188 cm³/mol. The minimum Gasteiger partial charge on any atom is -0.443 e. The van der Waals surface area contributed by atoms with E-state index in [0.717, 1.165) is 52.4 Å². The maximum atomic E-state index is 15.2. The van der Waals surface area contributed by atoms with E-state index in [4.69, 9.17) is 15.5 Å². The van der Waals surface area contributed by atoms with Crippen LogP contribution in [0.4, 0.5) is 13.6 Å². The van der Waals surface area contributed by atoms with E-state index >= 15 is 4.79 Å². The number of rotatable bonds is 10. The Balaban J connectivity index is 1.19. The summed E-state index contributed by atoms with van der Waals surface area (Å²) in [6.45, 7) is 5.37. The molecule has 14 heteroatoms. The van der Waals surface area contributed by atoms with Crippen LogP contribution in [0.1, 0.15) is 93.5 Å². The molecule has 3 heterocycles. The molecule has 3 aliphatic carbocycles. The summed E-state index contributed by atoms with van der Waals surface area (Å²) in [5, 5.41) is 17.5. The third-order valence-corrected chi connectivity index (χ3v) is 11.2. The maximum Gasteiger partial charge on any atom is 0.407 e. The van der Waals surface area contributed by atoms with Crippen molar-refractivity contribution in [3.63, 3.8) is 0 Å². The summed E-state index contributed by atoms with van der Waals surface area (Å²) >= 11 is 1.59. The van der Waals surface area contributed by atoms with E-state index in [2.05, 4.69) is 20.6 Å². The topological polar surface area (TPSA) is 141 Å². The van der Waals surface area contributed by atoms with Crippen LogP contribution in [0.5, 0.6) is 0 Å². The first-order valence-electron chi connectivity index (χ1n) is 17.3. The number of benzene rings is 2. The van der Waals surface area contributed by atoms with Gasteiger partial charge < -0.3 is 15.8 Å². The van der Waals surface area contributed by atoms with Gasteiger partial charge in [-0.25, -0.2) is 14.5 Å². The average Bonchev–Trinajstić information content (AvgIpc) is 4.05. The summed E-state index contributed by atoms with van der Waals surface area (Å²) in [7, 11) is 0. The van der Waals surface area contributed by atoms with Crippen molar-refractivity contribution in [3.8, 4) is 21.7 Å². The number of nitrogens with two attached hydrogens (primary N) is 1. The number of halogens is 2. The molecule has 2 amide bonds. The molecule has 2 aromatic carbocycles. The molecular formula is C37H40F2N8O3S. The Morgan fingerprint density at radius 1 is 1.08 bits per heavy atom. The predicted octanol–water partition coefficient (Wildman–Crippen LogP) is 6.99. The Kier molecular flexibility index (Phi) is 7.82. The second-order valence-corrected chi connectivity index (χ2v) is 16.5. The molecule has 3 atom stereocenters. The summed E-state index contributed by atoms with van der Waals surface area (Å²) in [5.74, 6) is 0.182. The highest BCUT2D eigenvalue weighted by Crippen LogP contribution is 2.58. The summed E-state index contributed by atoms with van der Waals surface area (Å²) < 4.78 is 33.1. The van der Waals surface area contributed by atoms with Crippen molar-refractivity contribution in [2.45, 2.75) is 102 Å². The third-order valence-electron chi connectivity index (χ3n) is 10.1. The second kappa shape index (κ2) is 11.9. The van der Waals surface area contributed by atoms with Gasteiger partial charge >= 0.3 is 12.6 Å². The largest absolute Gasteiger partial charge is 0.443 e. The van der Waals surface area contributed by atoms with Gasteiger partial charge in [0.05, 0.1) is 6.20 Å². The molecule has 3 fully saturated rings. The van der Waals surface area contributed by atoms with E-state index in [-0.39, 0.29) is 23.3 Å². The Morgan fingerprint density at radius 3 is 2.45 bits per heavy atom. The van der Waals surface area contributed by atoms with E-state index < -0.39 is 29.8 Å². The highest BCUT2D eigenvalue weighted by Gasteiger charge is 2.69. The van der Waals surface area contributed by atoms with Gasteiger partial charge in [0.25, 0.3) is 5.91 Å². The van der Waals surface area contributed by atoms with Crippen molar-refractivity contribution in [2.75, 3.05) is 0 Å². The minimum atomic E-state index is -2.75. The molecule has 266 valence electrons. The maximum absolute atomic E-state index is 15.2. The smallest absolute Gasteiger partial charge is 0.407 e. The van der Waals surface area contributed by atoms with Crippen molar-refractivity contribution < 1.29 is 23.1 Å². The van der Waals surface area contributed by atoms with Crippen molar-refractivity contribution >= 4 is 29.3 Å².